The van der Waals surface area contributed by atoms with E-state index in [1.165, 1.54) is 69.2 Å². The lowest BCUT2D eigenvalue weighted by Gasteiger charge is -2.30. The Balaban J connectivity index is 1.87. The highest BCUT2D eigenvalue weighted by Gasteiger charge is 2.59. The van der Waals surface area contributed by atoms with Gasteiger partial charge in [-0.3, -0.25) is 4.79 Å². The zero-order valence-corrected chi connectivity index (χ0v) is 23.7. The summed E-state index contributed by atoms with van der Waals surface area (Å²) < 4.78 is 56.7. The Bertz CT molecular complexity index is 1470. The molecule has 1 saturated heterocycles. The molecular formula is C25H31N3O9S2. The number of hydrogen-bond acceptors (Lipinski definition) is 8. The number of nitrogens with zero attached hydrogens (tertiary/aromatic N) is 2. The molecule has 1 aliphatic rings. The van der Waals surface area contributed by atoms with E-state index in [0.717, 1.165) is 5.56 Å². The van der Waals surface area contributed by atoms with E-state index in [0.29, 0.717) is 9.87 Å². The quantitative estimate of drug-likeness (QED) is 0.468. The molecule has 0 aliphatic carbocycles. The van der Waals surface area contributed by atoms with Gasteiger partial charge in [-0.15, -0.1) is 0 Å². The molecule has 0 bridgehead atoms. The van der Waals surface area contributed by atoms with E-state index in [1.807, 2.05) is 0 Å². The second-order valence-electron chi connectivity index (χ2n) is 9.96. The van der Waals surface area contributed by atoms with Gasteiger partial charge in [0.15, 0.2) is 9.84 Å². The van der Waals surface area contributed by atoms with Gasteiger partial charge < -0.3 is 20.1 Å². The Kier molecular flexibility index (Phi) is 8.43. The lowest BCUT2D eigenvalue weighted by molar-refractivity contribution is -0.142. The zero-order valence-electron chi connectivity index (χ0n) is 22.1. The van der Waals surface area contributed by atoms with Gasteiger partial charge in [0.1, 0.15) is 23.7 Å². The van der Waals surface area contributed by atoms with Crippen LogP contribution in [0, 0.1) is 6.92 Å². The second kappa shape index (κ2) is 10.9. The summed E-state index contributed by atoms with van der Waals surface area (Å²) in [7, 11) is -5.51. The molecule has 39 heavy (non-hydrogen) atoms. The molecule has 0 unspecified atom stereocenters. The number of amides is 2. The number of rotatable bonds is 8. The first kappa shape index (κ1) is 30.1. The average molecular weight is 582 g/mol. The molecule has 2 aromatic carbocycles. The fourth-order valence-corrected chi connectivity index (χ4v) is 7.81. The fraction of sp³-hybridized carbons (Fsp3) is 0.400. The number of sulfone groups is 1. The van der Waals surface area contributed by atoms with Crippen molar-refractivity contribution in [3.05, 3.63) is 59.7 Å². The van der Waals surface area contributed by atoms with Gasteiger partial charge in [0, 0.05) is 20.5 Å². The number of carbonyl (C=O) groups is 3. The molecular weight excluding hydrogens is 550 g/mol. The Morgan fingerprint density at radius 2 is 1.67 bits per heavy atom. The molecule has 1 fully saturated rings. The molecule has 0 aromatic heterocycles. The lowest BCUT2D eigenvalue weighted by atomic mass is 10.0. The number of carboxylic acid groups (broad SMARTS) is 1. The normalized spacial score (nSPS) is 19.2. The van der Waals surface area contributed by atoms with Gasteiger partial charge in [-0.1, -0.05) is 29.8 Å². The van der Waals surface area contributed by atoms with Crippen molar-refractivity contribution in [2.75, 3.05) is 20.0 Å². The van der Waals surface area contributed by atoms with Crippen molar-refractivity contribution >= 4 is 37.8 Å². The number of nitrogens with one attached hydrogen (secondary N) is 1. The number of carboxylic acids is 1. The van der Waals surface area contributed by atoms with Gasteiger partial charge in [0.2, 0.25) is 15.9 Å². The van der Waals surface area contributed by atoms with Crippen LogP contribution in [0.25, 0.3) is 0 Å². The van der Waals surface area contributed by atoms with Gasteiger partial charge in [0.25, 0.3) is 0 Å². The summed E-state index contributed by atoms with van der Waals surface area (Å²) in [6.07, 6.45) is -0.800. The minimum atomic E-state index is -4.43. The van der Waals surface area contributed by atoms with E-state index < -0.39 is 60.5 Å². The van der Waals surface area contributed by atoms with Gasteiger partial charge >= 0.3 is 12.1 Å². The molecule has 0 spiro atoms. The highest BCUT2D eigenvalue weighted by atomic mass is 32.2. The third-order valence-corrected chi connectivity index (χ3v) is 10.9. The number of hydrogen-bond donors (Lipinski definition) is 2. The third kappa shape index (κ3) is 6.23. The van der Waals surface area contributed by atoms with E-state index >= 15 is 0 Å². The Hall–Kier alpha value is -3.49. The first-order chi connectivity index (χ1) is 18.0. The molecule has 2 atom stereocenters. The summed E-state index contributed by atoms with van der Waals surface area (Å²) in [6.45, 7) is 4.23. The van der Waals surface area contributed by atoms with Crippen LogP contribution in [0.5, 0.6) is 5.75 Å². The van der Waals surface area contributed by atoms with Gasteiger partial charge in [-0.25, -0.2) is 26.4 Å². The smallest absolute Gasteiger partial charge is 0.414 e. The van der Waals surface area contributed by atoms with Crippen molar-refractivity contribution in [1.29, 1.82) is 0 Å². The predicted molar refractivity (Wildman–Crippen MR) is 141 cm³/mol. The summed E-state index contributed by atoms with van der Waals surface area (Å²) in [5, 5.41) is 12.1. The lowest BCUT2D eigenvalue weighted by Crippen LogP contribution is -2.57. The van der Waals surface area contributed by atoms with Crippen LogP contribution >= 0.6 is 0 Å². The number of sulfonamides is 1. The number of aryl methyl sites for hydroxylation is 1. The zero-order chi connectivity index (χ0) is 29.3. The van der Waals surface area contributed by atoms with Gasteiger partial charge in [-0.05, 0) is 50.6 Å². The molecule has 2 N–H and O–H groups in total. The topological polar surface area (TPSA) is 167 Å². The maximum atomic E-state index is 13.4. The minimum absolute atomic E-state index is 0.191. The van der Waals surface area contributed by atoms with E-state index in [1.54, 1.807) is 19.1 Å². The summed E-state index contributed by atoms with van der Waals surface area (Å²) in [4.78, 5) is 38.2. The van der Waals surface area contributed by atoms with E-state index in [9.17, 15) is 36.3 Å². The SMILES string of the molecule is Cc1ccc(S(=O)(=O)N2CS(=O)(=O)C(C)(C)[C@@H]2C(=O)N[C@@H](Cc2ccc(OC(=O)N(C)C)cc2)C(=O)O)cc1. The van der Waals surface area contributed by atoms with Crippen LogP contribution in [0.2, 0.25) is 0 Å². The number of benzene rings is 2. The highest BCUT2D eigenvalue weighted by molar-refractivity contribution is 7.95. The molecule has 0 radical (unpaired) electrons. The van der Waals surface area contributed by atoms with Crippen molar-refractivity contribution in [2.45, 2.75) is 48.9 Å². The molecule has 3 rings (SSSR count). The van der Waals surface area contributed by atoms with Gasteiger partial charge in [-0.2, -0.15) is 4.31 Å². The van der Waals surface area contributed by atoms with Crippen LogP contribution in [0.3, 0.4) is 0 Å². The third-order valence-electron chi connectivity index (χ3n) is 6.47. The summed E-state index contributed by atoms with van der Waals surface area (Å²) in [6, 6.07) is 8.44. The van der Waals surface area contributed by atoms with Crippen LogP contribution in [0.15, 0.2) is 53.4 Å². The number of ether oxygens (including phenoxy) is 1. The maximum absolute atomic E-state index is 13.4. The van der Waals surface area contributed by atoms with Gasteiger partial charge in [0.05, 0.1) is 9.64 Å². The molecule has 212 valence electrons. The van der Waals surface area contributed by atoms with Crippen LogP contribution < -0.4 is 10.1 Å². The molecule has 2 amide bonds. The molecule has 1 heterocycles. The first-order valence-corrected chi connectivity index (χ1v) is 14.9. The predicted octanol–water partition coefficient (Wildman–Crippen LogP) is 1.39. The van der Waals surface area contributed by atoms with Crippen molar-refractivity contribution in [3.8, 4) is 5.75 Å². The second-order valence-corrected chi connectivity index (χ2v) is 14.4. The molecule has 0 saturated carbocycles. The van der Waals surface area contributed by atoms with Crippen molar-refractivity contribution < 1.29 is 41.1 Å². The largest absolute Gasteiger partial charge is 0.480 e. The standard InChI is InChI=1S/C25H31N3O9S2/c1-16-6-12-19(13-7-16)39(35,36)28-15-38(33,34)25(2,3)21(28)22(29)26-20(23(30)31)14-17-8-10-18(11-9-17)37-24(32)27(4)5/h6-13,20-21H,14-15H2,1-5H3,(H,26,29)(H,30,31)/t20-,21-/m0/s1. The number of aliphatic carboxylic acids is 1. The fourth-order valence-electron chi connectivity index (χ4n) is 4.00. The van der Waals surface area contributed by atoms with E-state index in [4.69, 9.17) is 4.74 Å². The maximum Gasteiger partial charge on any atom is 0.414 e. The monoisotopic (exact) mass is 581 g/mol. The Morgan fingerprint density at radius 3 is 2.18 bits per heavy atom. The Labute approximate surface area is 227 Å². The van der Waals surface area contributed by atoms with Crippen molar-refractivity contribution in [2.24, 2.45) is 0 Å². The summed E-state index contributed by atoms with van der Waals surface area (Å²) in [5.74, 6) is -3.17. The van der Waals surface area contributed by atoms with Crippen LogP contribution in [0.1, 0.15) is 25.0 Å². The summed E-state index contributed by atoms with van der Waals surface area (Å²) in [5.41, 5.74) is 1.25. The first-order valence-electron chi connectivity index (χ1n) is 11.8. The highest BCUT2D eigenvalue weighted by Crippen LogP contribution is 2.38. The molecule has 2 aromatic rings. The van der Waals surface area contributed by atoms with E-state index in [2.05, 4.69) is 5.32 Å². The van der Waals surface area contributed by atoms with Crippen molar-refractivity contribution in [1.82, 2.24) is 14.5 Å². The van der Waals surface area contributed by atoms with Crippen molar-refractivity contribution in [3.63, 3.8) is 0 Å². The summed E-state index contributed by atoms with van der Waals surface area (Å²) >= 11 is 0. The Morgan fingerprint density at radius 1 is 1.10 bits per heavy atom. The molecule has 1 aliphatic heterocycles. The molecule has 12 nitrogen and oxygen atoms in total. The van der Waals surface area contributed by atoms with E-state index in [-0.39, 0.29) is 17.1 Å². The number of carbonyl (C=O) groups excluding carboxylic acids is 2. The molecule has 14 heteroatoms. The van der Waals surface area contributed by atoms with Crippen LogP contribution in [0.4, 0.5) is 4.79 Å². The average Bonchev–Trinajstić information content (AvgIpc) is 3.04. The minimum Gasteiger partial charge on any atom is -0.480 e. The van der Waals surface area contributed by atoms with Crippen LogP contribution in [-0.4, -0.2) is 85.9 Å². The van der Waals surface area contributed by atoms with Crippen LogP contribution in [-0.2, 0) is 35.9 Å².